The highest BCUT2D eigenvalue weighted by atomic mass is 35.5. The standard InChI is InChI=1S/C14H22ClFN2O2S.ClH/c1-10(2)7-14(3,9-17)18-21(19,20)8-11-4-5-13(16)12(15)6-11;/h4-6,10,18H,7-9,17H2,1-3H3;1H. The van der Waals surface area contributed by atoms with Crippen LogP contribution in [-0.4, -0.2) is 20.5 Å². The van der Waals surface area contributed by atoms with E-state index in [0.717, 1.165) is 6.07 Å². The van der Waals surface area contributed by atoms with E-state index >= 15 is 0 Å². The van der Waals surface area contributed by atoms with E-state index in [1.165, 1.54) is 12.1 Å². The van der Waals surface area contributed by atoms with Gasteiger partial charge in [0.1, 0.15) is 5.82 Å². The van der Waals surface area contributed by atoms with E-state index in [2.05, 4.69) is 4.72 Å². The van der Waals surface area contributed by atoms with Gasteiger partial charge in [-0.05, 0) is 37.0 Å². The molecule has 0 amide bonds. The van der Waals surface area contributed by atoms with Gasteiger partial charge in [-0.25, -0.2) is 17.5 Å². The number of benzene rings is 1. The molecule has 1 aromatic rings. The largest absolute Gasteiger partial charge is 0.329 e. The summed E-state index contributed by atoms with van der Waals surface area (Å²) in [6, 6.07) is 3.88. The minimum absolute atomic E-state index is 0. The fraction of sp³-hybridized carbons (Fsp3) is 0.571. The Kier molecular flexibility index (Phi) is 8.30. The molecule has 128 valence electrons. The molecule has 1 aromatic carbocycles. The number of hydrogen-bond acceptors (Lipinski definition) is 3. The number of halogens is 3. The van der Waals surface area contributed by atoms with Crippen LogP contribution in [0.3, 0.4) is 0 Å². The normalized spacial score (nSPS) is 14.5. The molecule has 0 saturated heterocycles. The first-order chi connectivity index (χ1) is 9.57. The molecule has 0 saturated carbocycles. The highest BCUT2D eigenvalue weighted by Crippen LogP contribution is 2.20. The lowest BCUT2D eigenvalue weighted by atomic mass is 9.92. The number of nitrogens with two attached hydrogens (primary N) is 1. The van der Waals surface area contributed by atoms with Crippen molar-refractivity contribution >= 4 is 34.0 Å². The van der Waals surface area contributed by atoms with Gasteiger partial charge in [0, 0.05) is 12.1 Å². The second kappa shape index (κ2) is 8.45. The summed E-state index contributed by atoms with van der Waals surface area (Å²) < 4.78 is 40.2. The quantitative estimate of drug-likeness (QED) is 0.772. The zero-order valence-corrected chi connectivity index (χ0v) is 15.3. The fourth-order valence-electron chi connectivity index (χ4n) is 2.33. The first kappa shape index (κ1) is 21.6. The molecule has 0 aliphatic rings. The van der Waals surface area contributed by atoms with Crippen LogP contribution in [0.15, 0.2) is 18.2 Å². The fourth-order valence-corrected chi connectivity index (χ4v) is 4.14. The Morgan fingerprint density at radius 1 is 1.41 bits per heavy atom. The minimum atomic E-state index is -3.59. The van der Waals surface area contributed by atoms with Gasteiger partial charge in [-0.3, -0.25) is 0 Å². The van der Waals surface area contributed by atoms with Crippen LogP contribution in [0, 0.1) is 11.7 Å². The summed E-state index contributed by atoms with van der Waals surface area (Å²) in [6.07, 6.45) is 0.632. The van der Waals surface area contributed by atoms with Crippen molar-refractivity contribution in [2.75, 3.05) is 6.54 Å². The third kappa shape index (κ3) is 6.79. The lowest BCUT2D eigenvalue weighted by Crippen LogP contribution is -2.52. The van der Waals surface area contributed by atoms with Crippen LogP contribution in [0.5, 0.6) is 0 Å². The van der Waals surface area contributed by atoms with Gasteiger partial charge in [-0.15, -0.1) is 12.4 Å². The molecule has 4 nitrogen and oxygen atoms in total. The molecular weight excluding hydrogens is 350 g/mol. The van der Waals surface area contributed by atoms with Gasteiger partial charge in [0.05, 0.1) is 10.8 Å². The van der Waals surface area contributed by atoms with Crippen molar-refractivity contribution in [2.45, 2.75) is 38.5 Å². The molecule has 0 bridgehead atoms. The van der Waals surface area contributed by atoms with Crippen molar-refractivity contribution in [2.24, 2.45) is 11.7 Å². The maximum absolute atomic E-state index is 13.1. The predicted molar refractivity (Wildman–Crippen MR) is 91.3 cm³/mol. The topological polar surface area (TPSA) is 72.2 Å². The van der Waals surface area contributed by atoms with Gasteiger partial charge in [-0.2, -0.15) is 0 Å². The second-order valence-corrected chi connectivity index (χ2v) is 8.10. The molecule has 22 heavy (non-hydrogen) atoms. The number of sulfonamides is 1. The summed E-state index contributed by atoms with van der Waals surface area (Å²) in [4.78, 5) is 0. The van der Waals surface area contributed by atoms with Gasteiger partial charge in [0.25, 0.3) is 0 Å². The minimum Gasteiger partial charge on any atom is -0.329 e. The Morgan fingerprint density at radius 2 is 2.00 bits per heavy atom. The summed E-state index contributed by atoms with van der Waals surface area (Å²) in [5.74, 6) is -0.528. The molecule has 3 N–H and O–H groups in total. The van der Waals surface area contributed by atoms with Crippen LogP contribution in [0.25, 0.3) is 0 Å². The van der Waals surface area contributed by atoms with Crippen LogP contribution in [0.1, 0.15) is 32.8 Å². The Hall–Kier alpha value is -0.400. The summed E-state index contributed by atoms with van der Waals surface area (Å²) in [5.41, 5.74) is 5.43. The van der Waals surface area contributed by atoms with E-state index in [4.69, 9.17) is 17.3 Å². The van der Waals surface area contributed by atoms with Crippen LogP contribution in [-0.2, 0) is 15.8 Å². The molecule has 1 unspecified atom stereocenters. The van der Waals surface area contributed by atoms with E-state index in [1.807, 2.05) is 13.8 Å². The van der Waals surface area contributed by atoms with E-state index in [9.17, 15) is 12.8 Å². The Labute approximate surface area is 143 Å². The summed E-state index contributed by atoms with van der Waals surface area (Å²) in [7, 11) is -3.59. The first-order valence-corrected chi connectivity index (χ1v) is 8.75. The molecular formula is C14H23Cl2FN2O2S. The smallest absolute Gasteiger partial charge is 0.216 e. The first-order valence-electron chi connectivity index (χ1n) is 6.72. The molecule has 8 heteroatoms. The van der Waals surface area contributed by atoms with Crippen LogP contribution >= 0.6 is 24.0 Å². The molecule has 0 aromatic heterocycles. The number of rotatable bonds is 7. The van der Waals surface area contributed by atoms with Crippen LogP contribution in [0.4, 0.5) is 4.39 Å². The van der Waals surface area contributed by atoms with Crippen molar-refractivity contribution in [3.63, 3.8) is 0 Å². The van der Waals surface area contributed by atoms with Gasteiger partial charge in [-0.1, -0.05) is 31.5 Å². The molecule has 1 rings (SSSR count). The molecule has 0 aliphatic heterocycles. The molecule has 0 aliphatic carbocycles. The van der Waals surface area contributed by atoms with Crippen molar-refractivity contribution in [3.8, 4) is 0 Å². The van der Waals surface area contributed by atoms with Gasteiger partial charge < -0.3 is 5.73 Å². The Balaban J connectivity index is 0.00000441. The van der Waals surface area contributed by atoms with E-state index in [1.54, 1.807) is 6.92 Å². The zero-order valence-electron chi connectivity index (χ0n) is 12.9. The van der Waals surface area contributed by atoms with Gasteiger partial charge in [0.15, 0.2) is 0 Å². The van der Waals surface area contributed by atoms with Crippen LogP contribution in [0.2, 0.25) is 5.02 Å². The van der Waals surface area contributed by atoms with E-state index in [-0.39, 0.29) is 29.7 Å². The Bertz CT molecular complexity index is 597. The summed E-state index contributed by atoms with van der Waals surface area (Å²) >= 11 is 5.66. The summed E-state index contributed by atoms with van der Waals surface area (Å²) in [5, 5.41) is -0.0912. The predicted octanol–water partition coefficient (Wildman–Crippen LogP) is 3.08. The van der Waals surface area contributed by atoms with Crippen LogP contribution < -0.4 is 10.5 Å². The lowest BCUT2D eigenvalue weighted by molar-refractivity contribution is 0.344. The van der Waals surface area contributed by atoms with Crippen molar-refractivity contribution in [1.82, 2.24) is 4.72 Å². The van der Waals surface area contributed by atoms with Crippen molar-refractivity contribution in [3.05, 3.63) is 34.6 Å². The second-order valence-electron chi connectivity index (χ2n) is 5.97. The SMILES string of the molecule is CC(C)CC(C)(CN)NS(=O)(=O)Cc1ccc(F)c(Cl)c1.Cl. The maximum atomic E-state index is 13.1. The lowest BCUT2D eigenvalue weighted by Gasteiger charge is -2.30. The number of hydrogen-bond donors (Lipinski definition) is 2. The monoisotopic (exact) mass is 372 g/mol. The van der Waals surface area contributed by atoms with Gasteiger partial charge >= 0.3 is 0 Å². The maximum Gasteiger partial charge on any atom is 0.216 e. The highest BCUT2D eigenvalue weighted by molar-refractivity contribution is 7.88. The molecule has 0 spiro atoms. The molecule has 0 fully saturated rings. The average Bonchev–Trinajstić information content (AvgIpc) is 2.31. The van der Waals surface area contributed by atoms with Crippen molar-refractivity contribution < 1.29 is 12.8 Å². The molecule has 1 atom stereocenters. The average molecular weight is 373 g/mol. The summed E-state index contributed by atoms with van der Waals surface area (Å²) in [6.45, 7) is 5.99. The third-order valence-corrected chi connectivity index (χ3v) is 4.86. The third-order valence-electron chi connectivity index (χ3n) is 3.05. The van der Waals surface area contributed by atoms with E-state index in [0.29, 0.717) is 17.9 Å². The highest BCUT2D eigenvalue weighted by Gasteiger charge is 2.29. The van der Waals surface area contributed by atoms with Gasteiger partial charge in [0.2, 0.25) is 10.0 Å². The number of nitrogens with one attached hydrogen (secondary N) is 1. The Morgan fingerprint density at radius 3 is 2.45 bits per heavy atom. The van der Waals surface area contributed by atoms with E-state index < -0.39 is 21.4 Å². The zero-order chi connectivity index (χ0) is 16.3. The van der Waals surface area contributed by atoms with Crippen molar-refractivity contribution in [1.29, 1.82) is 0 Å². The molecule has 0 heterocycles. The molecule has 0 radical (unpaired) electrons.